The van der Waals surface area contributed by atoms with Gasteiger partial charge < -0.3 is 10.6 Å². The third kappa shape index (κ3) is 4.11. The standard InChI is InChI=1S/C10H18F2N2O/c1-8(13)2-3-9(15)14-6-4-10(11,12)5-7-14/h8H,2-7,13H2,1H3. The zero-order valence-corrected chi connectivity index (χ0v) is 9.01. The monoisotopic (exact) mass is 220 g/mol. The van der Waals surface area contributed by atoms with Gasteiger partial charge >= 0.3 is 0 Å². The lowest BCUT2D eigenvalue weighted by Crippen LogP contribution is -2.42. The Bertz CT molecular complexity index is 221. The van der Waals surface area contributed by atoms with E-state index >= 15 is 0 Å². The number of alkyl halides is 2. The molecule has 1 aliphatic rings. The highest BCUT2D eigenvalue weighted by Crippen LogP contribution is 2.27. The SMILES string of the molecule is CC(N)CCC(=O)N1CCC(F)(F)CC1. The average Bonchev–Trinajstić information content (AvgIpc) is 2.14. The molecular formula is C10H18F2N2O. The van der Waals surface area contributed by atoms with E-state index in [9.17, 15) is 13.6 Å². The van der Waals surface area contributed by atoms with E-state index in [2.05, 4.69) is 0 Å². The molecule has 0 aliphatic carbocycles. The van der Waals surface area contributed by atoms with Crippen LogP contribution in [-0.4, -0.2) is 35.9 Å². The quantitative estimate of drug-likeness (QED) is 0.780. The molecule has 1 heterocycles. The van der Waals surface area contributed by atoms with Crippen molar-refractivity contribution in [2.75, 3.05) is 13.1 Å². The number of nitrogens with two attached hydrogens (primary N) is 1. The van der Waals surface area contributed by atoms with Crippen molar-refractivity contribution >= 4 is 5.91 Å². The number of halogens is 2. The van der Waals surface area contributed by atoms with Crippen LogP contribution in [0.15, 0.2) is 0 Å². The summed E-state index contributed by atoms with van der Waals surface area (Å²) in [5.74, 6) is -2.64. The van der Waals surface area contributed by atoms with Gasteiger partial charge in [0.1, 0.15) is 0 Å². The zero-order valence-electron chi connectivity index (χ0n) is 9.01. The molecule has 1 atom stereocenters. The molecule has 1 unspecified atom stereocenters. The number of amides is 1. The van der Waals surface area contributed by atoms with E-state index in [1.807, 2.05) is 6.92 Å². The minimum Gasteiger partial charge on any atom is -0.342 e. The predicted molar refractivity (Wildman–Crippen MR) is 53.6 cm³/mol. The van der Waals surface area contributed by atoms with E-state index in [0.29, 0.717) is 12.8 Å². The number of carbonyl (C=O) groups is 1. The van der Waals surface area contributed by atoms with Crippen molar-refractivity contribution < 1.29 is 13.6 Å². The number of rotatable bonds is 3. The van der Waals surface area contributed by atoms with Crippen LogP contribution >= 0.6 is 0 Å². The summed E-state index contributed by atoms with van der Waals surface area (Å²) < 4.78 is 25.6. The first-order valence-corrected chi connectivity index (χ1v) is 5.32. The van der Waals surface area contributed by atoms with E-state index in [4.69, 9.17) is 5.73 Å². The first kappa shape index (κ1) is 12.4. The molecule has 1 rings (SSSR count). The molecule has 0 radical (unpaired) electrons. The van der Waals surface area contributed by atoms with Crippen LogP contribution in [0.25, 0.3) is 0 Å². The first-order chi connectivity index (χ1) is 6.91. The first-order valence-electron chi connectivity index (χ1n) is 5.32. The summed E-state index contributed by atoms with van der Waals surface area (Å²) in [6.45, 7) is 2.17. The van der Waals surface area contributed by atoms with E-state index in [1.54, 1.807) is 0 Å². The van der Waals surface area contributed by atoms with E-state index in [1.165, 1.54) is 4.90 Å². The Hall–Kier alpha value is -0.710. The average molecular weight is 220 g/mol. The Balaban J connectivity index is 2.30. The molecule has 1 saturated heterocycles. The number of hydrogen-bond donors (Lipinski definition) is 1. The van der Waals surface area contributed by atoms with Crippen LogP contribution in [0.2, 0.25) is 0 Å². The largest absolute Gasteiger partial charge is 0.342 e. The Kier molecular flexibility index (Phi) is 4.02. The van der Waals surface area contributed by atoms with Crippen molar-refractivity contribution in [1.29, 1.82) is 0 Å². The van der Waals surface area contributed by atoms with Crippen LogP contribution in [0.5, 0.6) is 0 Å². The number of carbonyl (C=O) groups excluding carboxylic acids is 1. The fourth-order valence-electron chi connectivity index (χ4n) is 1.59. The summed E-state index contributed by atoms with van der Waals surface area (Å²) in [6, 6.07) is -0.0137. The summed E-state index contributed by atoms with van der Waals surface area (Å²) in [5, 5.41) is 0. The van der Waals surface area contributed by atoms with E-state index in [-0.39, 0.29) is 37.9 Å². The predicted octanol–water partition coefficient (Wildman–Crippen LogP) is 1.37. The Labute approximate surface area is 88.6 Å². The molecule has 1 amide bonds. The van der Waals surface area contributed by atoms with E-state index < -0.39 is 5.92 Å². The van der Waals surface area contributed by atoms with Gasteiger partial charge in [-0.25, -0.2) is 8.78 Å². The lowest BCUT2D eigenvalue weighted by Gasteiger charge is -2.31. The summed E-state index contributed by atoms with van der Waals surface area (Å²) in [4.78, 5) is 13.1. The van der Waals surface area contributed by atoms with Crippen LogP contribution in [-0.2, 0) is 4.79 Å². The highest BCUT2D eigenvalue weighted by atomic mass is 19.3. The van der Waals surface area contributed by atoms with Crippen molar-refractivity contribution in [3.8, 4) is 0 Å². The molecule has 0 aromatic heterocycles. The molecule has 1 fully saturated rings. The second-order valence-corrected chi connectivity index (χ2v) is 4.25. The molecule has 0 bridgehead atoms. The van der Waals surface area contributed by atoms with Crippen molar-refractivity contribution in [2.24, 2.45) is 5.73 Å². The number of piperidine rings is 1. The van der Waals surface area contributed by atoms with Gasteiger partial charge in [0.2, 0.25) is 5.91 Å². The molecule has 0 spiro atoms. The van der Waals surface area contributed by atoms with Gasteiger partial charge in [0.15, 0.2) is 0 Å². The Morgan fingerprint density at radius 1 is 1.47 bits per heavy atom. The Morgan fingerprint density at radius 3 is 2.47 bits per heavy atom. The molecule has 0 aromatic rings. The van der Waals surface area contributed by atoms with Gasteiger partial charge in [0.05, 0.1) is 0 Å². The normalized spacial score (nSPS) is 22.5. The van der Waals surface area contributed by atoms with Crippen LogP contribution < -0.4 is 5.73 Å². The lowest BCUT2D eigenvalue weighted by atomic mass is 10.1. The van der Waals surface area contributed by atoms with Gasteiger partial charge in [-0.2, -0.15) is 0 Å². The van der Waals surface area contributed by atoms with Gasteiger partial charge in [0, 0.05) is 38.4 Å². The summed E-state index contributed by atoms with van der Waals surface area (Å²) in [7, 11) is 0. The number of likely N-dealkylation sites (tertiary alicyclic amines) is 1. The van der Waals surface area contributed by atoms with Gasteiger partial charge in [-0.3, -0.25) is 4.79 Å². The second kappa shape index (κ2) is 4.88. The molecule has 15 heavy (non-hydrogen) atoms. The molecule has 0 aromatic carbocycles. The van der Waals surface area contributed by atoms with Crippen molar-refractivity contribution in [3.05, 3.63) is 0 Å². The summed E-state index contributed by atoms with van der Waals surface area (Å²) in [5.41, 5.74) is 5.52. The molecule has 1 aliphatic heterocycles. The molecule has 3 nitrogen and oxygen atoms in total. The number of hydrogen-bond acceptors (Lipinski definition) is 2. The van der Waals surface area contributed by atoms with Crippen LogP contribution in [0, 0.1) is 0 Å². The van der Waals surface area contributed by atoms with Crippen molar-refractivity contribution in [3.63, 3.8) is 0 Å². The molecule has 88 valence electrons. The third-order valence-electron chi connectivity index (χ3n) is 2.66. The third-order valence-corrected chi connectivity index (χ3v) is 2.66. The van der Waals surface area contributed by atoms with Gasteiger partial charge in [-0.1, -0.05) is 0 Å². The smallest absolute Gasteiger partial charge is 0.251 e. The van der Waals surface area contributed by atoms with Crippen molar-refractivity contribution in [1.82, 2.24) is 4.90 Å². The highest BCUT2D eigenvalue weighted by Gasteiger charge is 2.35. The maximum atomic E-state index is 12.8. The molecule has 5 heteroatoms. The molecule has 2 N–H and O–H groups in total. The van der Waals surface area contributed by atoms with Crippen LogP contribution in [0.1, 0.15) is 32.6 Å². The fraction of sp³-hybridized carbons (Fsp3) is 0.900. The van der Waals surface area contributed by atoms with Gasteiger partial charge in [0.25, 0.3) is 5.92 Å². The summed E-state index contributed by atoms with van der Waals surface area (Å²) >= 11 is 0. The second-order valence-electron chi connectivity index (χ2n) is 4.25. The maximum absolute atomic E-state index is 12.8. The highest BCUT2D eigenvalue weighted by molar-refractivity contribution is 5.76. The molecular weight excluding hydrogens is 202 g/mol. The fourth-order valence-corrected chi connectivity index (χ4v) is 1.59. The summed E-state index contributed by atoms with van der Waals surface area (Å²) in [6.07, 6.45) is 0.558. The van der Waals surface area contributed by atoms with Crippen LogP contribution in [0.4, 0.5) is 8.78 Å². The van der Waals surface area contributed by atoms with E-state index in [0.717, 1.165) is 0 Å². The maximum Gasteiger partial charge on any atom is 0.251 e. The zero-order chi connectivity index (χ0) is 11.5. The van der Waals surface area contributed by atoms with Crippen LogP contribution in [0.3, 0.4) is 0 Å². The van der Waals surface area contributed by atoms with Crippen molar-refractivity contribution in [2.45, 2.75) is 44.6 Å². The van der Waals surface area contributed by atoms with Gasteiger partial charge in [-0.05, 0) is 13.3 Å². The Morgan fingerprint density at radius 2 is 2.00 bits per heavy atom. The molecule has 0 saturated carbocycles. The van der Waals surface area contributed by atoms with Gasteiger partial charge in [-0.15, -0.1) is 0 Å². The number of nitrogens with zero attached hydrogens (tertiary/aromatic N) is 1. The topological polar surface area (TPSA) is 46.3 Å². The minimum atomic E-state index is -2.59. The minimum absolute atomic E-state index is 0.0137. The lowest BCUT2D eigenvalue weighted by molar-refractivity contribution is -0.137.